The van der Waals surface area contributed by atoms with E-state index in [1.807, 2.05) is 46.8 Å². The Labute approximate surface area is 236 Å². The molecule has 6 rings (SSSR count). The Morgan fingerprint density at radius 3 is 2.60 bits per heavy atom. The highest BCUT2D eigenvalue weighted by atomic mass is 16.6. The highest BCUT2D eigenvalue weighted by Gasteiger charge is 2.55. The first-order valence-corrected chi connectivity index (χ1v) is 14.4. The summed E-state index contributed by atoms with van der Waals surface area (Å²) >= 11 is 0. The molecule has 214 valence electrons. The van der Waals surface area contributed by atoms with Crippen LogP contribution in [0.25, 0.3) is 0 Å². The summed E-state index contributed by atoms with van der Waals surface area (Å²) < 4.78 is 11.4. The van der Waals surface area contributed by atoms with E-state index in [1.54, 1.807) is 12.4 Å². The summed E-state index contributed by atoms with van der Waals surface area (Å²) in [6.45, 7) is 10.8. The molecule has 0 aromatic carbocycles. The Balaban J connectivity index is 1.24. The molecule has 4 aliphatic carbocycles. The number of nitrogens with zero attached hydrogens (tertiary/aromatic N) is 4. The van der Waals surface area contributed by atoms with Crippen molar-refractivity contribution in [3.05, 3.63) is 35.7 Å². The molecule has 40 heavy (non-hydrogen) atoms. The van der Waals surface area contributed by atoms with Crippen LogP contribution in [0.5, 0.6) is 5.88 Å². The molecule has 0 radical (unpaired) electrons. The topological polar surface area (TPSA) is 134 Å². The lowest BCUT2D eigenvalue weighted by Crippen LogP contribution is -2.60. The van der Waals surface area contributed by atoms with Crippen LogP contribution in [0, 0.1) is 34.5 Å². The molecular weight excluding hydrogens is 506 g/mol. The van der Waals surface area contributed by atoms with Gasteiger partial charge in [0.05, 0.1) is 12.3 Å². The van der Waals surface area contributed by atoms with Crippen LogP contribution in [0.4, 0.5) is 16.6 Å². The Kier molecular flexibility index (Phi) is 7.76. The second-order valence-electron chi connectivity index (χ2n) is 13.1. The fraction of sp³-hybridized carbons (Fsp3) is 0.633. The van der Waals surface area contributed by atoms with Gasteiger partial charge in [0, 0.05) is 30.9 Å². The number of pyridine rings is 1. The van der Waals surface area contributed by atoms with E-state index < -0.39 is 5.60 Å². The van der Waals surface area contributed by atoms with Crippen molar-refractivity contribution in [3.63, 3.8) is 0 Å². The number of alkyl carbamates (subject to hydrolysis) is 1. The summed E-state index contributed by atoms with van der Waals surface area (Å²) in [6, 6.07) is 6.22. The molecule has 10 heteroatoms. The Morgan fingerprint density at radius 2 is 1.93 bits per heavy atom. The first kappa shape index (κ1) is 27.9. The van der Waals surface area contributed by atoms with Crippen molar-refractivity contribution in [1.82, 2.24) is 20.3 Å². The van der Waals surface area contributed by atoms with Crippen LogP contribution in [-0.2, 0) is 11.3 Å². The van der Waals surface area contributed by atoms with Crippen LogP contribution in [0.1, 0.15) is 77.8 Å². The summed E-state index contributed by atoms with van der Waals surface area (Å²) in [5, 5.41) is 19.7. The Hall–Kier alpha value is -3.61. The zero-order chi connectivity index (χ0) is 28.5. The van der Waals surface area contributed by atoms with Gasteiger partial charge >= 0.3 is 6.09 Å². The minimum atomic E-state index is -0.507. The molecule has 4 saturated carbocycles. The largest absolute Gasteiger partial charge is 0.475 e. The first-order valence-electron chi connectivity index (χ1n) is 14.4. The van der Waals surface area contributed by atoms with E-state index in [-0.39, 0.29) is 23.7 Å². The molecule has 4 aliphatic rings. The lowest BCUT2D eigenvalue weighted by molar-refractivity contribution is -0.0703. The average molecular weight is 548 g/mol. The monoisotopic (exact) mass is 547 g/mol. The van der Waals surface area contributed by atoms with Gasteiger partial charge in [0.15, 0.2) is 0 Å². The second-order valence-corrected chi connectivity index (χ2v) is 13.1. The molecule has 2 heterocycles. The number of nitrogens with one attached hydrogen (secondary N) is 3. The summed E-state index contributed by atoms with van der Waals surface area (Å²) in [6.07, 6.45) is 8.55. The van der Waals surface area contributed by atoms with Gasteiger partial charge in [-0.3, -0.25) is 0 Å². The number of aromatic nitrogens is 3. The number of amides is 1. The SMILES string of the molecule is CC(C)Oc1ncccc1CNc1ncc(C#N)c(NCC23CC4C[C@H](C2)C(NC(=O)OC(C)(C)C)[C@@H](C4)C3)n1. The minimum absolute atomic E-state index is 0.0172. The van der Waals surface area contributed by atoms with Crippen molar-refractivity contribution in [2.45, 2.75) is 91.0 Å². The van der Waals surface area contributed by atoms with Crippen molar-refractivity contribution in [2.24, 2.45) is 23.2 Å². The van der Waals surface area contributed by atoms with E-state index in [4.69, 9.17) is 9.47 Å². The quantitative estimate of drug-likeness (QED) is 0.383. The number of hydrogen-bond donors (Lipinski definition) is 3. The molecule has 2 aromatic rings. The molecule has 1 amide bonds. The van der Waals surface area contributed by atoms with Gasteiger partial charge in [-0.05, 0) is 96.0 Å². The van der Waals surface area contributed by atoms with E-state index >= 15 is 0 Å². The summed E-state index contributed by atoms with van der Waals surface area (Å²) in [5.41, 5.74) is 0.950. The van der Waals surface area contributed by atoms with Crippen molar-refractivity contribution >= 4 is 17.9 Å². The second kappa shape index (κ2) is 11.1. The van der Waals surface area contributed by atoms with Crippen LogP contribution >= 0.6 is 0 Å². The molecule has 0 saturated heterocycles. The molecule has 0 spiro atoms. The van der Waals surface area contributed by atoms with Crippen LogP contribution in [0.15, 0.2) is 24.5 Å². The van der Waals surface area contributed by atoms with Gasteiger partial charge in [-0.2, -0.15) is 10.2 Å². The average Bonchev–Trinajstić information content (AvgIpc) is 2.87. The molecule has 4 bridgehead atoms. The zero-order valence-electron chi connectivity index (χ0n) is 24.2. The fourth-order valence-electron chi connectivity index (χ4n) is 7.11. The number of carbonyl (C=O) groups is 1. The molecule has 3 N–H and O–H groups in total. The number of hydrogen-bond acceptors (Lipinski definition) is 9. The Bertz CT molecular complexity index is 1250. The molecule has 5 atom stereocenters. The van der Waals surface area contributed by atoms with Crippen molar-refractivity contribution in [3.8, 4) is 11.9 Å². The van der Waals surface area contributed by atoms with Gasteiger partial charge < -0.3 is 25.4 Å². The number of nitriles is 1. The van der Waals surface area contributed by atoms with E-state index in [0.29, 0.717) is 47.5 Å². The third-order valence-corrected chi connectivity index (χ3v) is 8.26. The Morgan fingerprint density at radius 1 is 1.18 bits per heavy atom. The molecule has 0 aliphatic heterocycles. The molecule has 4 fully saturated rings. The maximum Gasteiger partial charge on any atom is 0.407 e. The van der Waals surface area contributed by atoms with Crippen LogP contribution in [0.2, 0.25) is 0 Å². The van der Waals surface area contributed by atoms with Crippen molar-refractivity contribution in [2.75, 3.05) is 17.2 Å². The van der Waals surface area contributed by atoms with Gasteiger partial charge in [0.1, 0.15) is 23.1 Å². The highest BCUT2D eigenvalue weighted by Crippen LogP contribution is 2.60. The summed E-state index contributed by atoms with van der Waals surface area (Å²) in [4.78, 5) is 25.9. The fourth-order valence-corrected chi connectivity index (χ4v) is 7.11. The predicted octanol–water partition coefficient (Wildman–Crippen LogP) is 5.27. The van der Waals surface area contributed by atoms with E-state index in [0.717, 1.165) is 37.8 Å². The molecule has 2 aromatic heterocycles. The first-order chi connectivity index (χ1) is 19.0. The van der Waals surface area contributed by atoms with Crippen LogP contribution in [0.3, 0.4) is 0 Å². The molecule has 10 nitrogen and oxygen atoms in total. The molecular formula is C30H41N7O3. The van der Waals surface area contributed by atoms with Gasteiger partial charge in [-0.1, -0.05) is 6.07 Å². The number of rotatable bonds is 9. The smallest absolute Gasteiger partial charge is 0.407 e. The van der Waals surface area contributed by atoms with Crippen LogP contribution in [-0.4, -0.2) is 45.3 Å². The maximum atomic E-state index is 12.5. The van der Waals surface area contributed by atoms with Crippen molar-refractivity contribution in [1.29, 1.82) is 5.26 Å². The maximum absolute atomic E-state index is 12.5. The standard InChI is InChI=1S/C30H41N7O3/c1-18(2)39-26-20(7-6-8-32-26)15-33-27-34-16-23(14-31)25(37-27)35-17-30-11-19-9-21(12-30)24(22(10-19)13-30)36-28(38)40-29(3,4)5/h6-8,16,18-19,21-22,24H,9-13,15,17H2,1-5H3,(H,36,38)(H2,33,34,35,37)/t19?,21-,22+,24?,30?. The molecule has 3 unspecified atom stereocenters. The van der Waals surface area contributed by atoms with Gasteiger partial charge in [0.2, 0.25) is 11.8 Å². The summed E-state index contributed by atoms with van der Waals surface area (Å²) in [7, 11) is 0. The number of ether oxygens (including phenoxy) is 2. The number of carbonyl (C=O) groups excluding carboxylic acids is 1. The van der Waals surface area contributed by atoms with Gasteiger partial charge in [-0.15, -0.1) is 0 Å². The minimum Gasteiger partial charge on any atom is -0.475 e. The lowest BCUT2D eigenvalue weighted by atomic mass is 9.48. The van der Waals surface area contributed by atoms with Crippen molar-refractivity contribution < 1.29 is 14.3 Å². The van der Waals surface area contributed by atoms with Gasteiger partial charge in [0.25, 0.3) is 0 Å². The zero-order valence-corrected chi connectivity index (χ0v) is 24.2. The summed E-state index contributed by atoms with van der Waals surface area (Å²) in [5.74, 6) is 3.13. The predicted molar refractivity (Wildman–Crippen MR) is 152 cm³/mol. The van der Waals surface area contributed by atoms with Crippen LogP contribution < -0.4 is 20.7 Å². The van der Waals surface area contributed by atoms with Gasteiger partial charge in [-0.25, -0.2) is 14.8 Å². The van der Waals surface area contributed by atoms with E-state index in [1.165, 1.54) is 6.42 Å². The third kappa shape index (κ3) is 6.40. The normalized spacial score (nSPS) is 26.7. The highest BCUT2D eigenvalue weighted by molar-refractivity contribution is 5.68. The van der Waals surface area contributed by atoms with E-state index in [2.05, 4.69) is 37.0 Å². The third-order valence-electron chi connectivity index (χ3n) is 8.26. The lowest BCUT2D eigenvalue weighted by Gasteiger charge is -2.60. The van der Waals surface area contributed by atoms with E-state index in [9.17, 15) is 10.1 Å². The number of anilines is 2.